The van der Waals surface area contributed by atoms with E-state index in [0.717, 1.165) is 0 Å². The molecule has 0 bridgehead atoms. The minimum Gasteiger partial charge on any atom is -0.469 e. The Kier molecular flexibility index (Phi) is 4.80. The van der Waals surface area contributed by atoms with Crippen molar-refractivity contribution in [3.05, 3.63) is 24.3 Å². The zero-order chi connectivity index (χ0) is 16.3. The number of benzene rings is 1. The second kappa shape index (κ2) is 6.60. The second-order valence-electron chi connectivity index (χ2n) is 5.62. The first-order valence-electron chi connectivity index (χ1n) is 7.21. The third-order valence-electron chi connectivity index (χ3n) is 3.63. The van der Waals surface area contributed by atoms with Gasteiger partial charge in [-0.25, -0.2) is 0 Å². The van der Waals surface area contributed by atoms with E-state index in [2.05, 4.69) is 10.1 Å². The smallest absolute Gasteiger partial charge is 0.311 e. The summed E-state index contributed by atoms with van der Waals surface area (Å²) in [5.41, 5.74) is 1.39. The fourth-order valence-electron chi connectivity index (χ4n) is 2.29. The van der Waals surface area contributed by atoms with Gasteiger partial charge in [-0.1, -0.05) is 13.8 Å². The Morgan fingerprint density at radius 1 is 1.27 bits per heavy atom. The predicted molar refractivity (Wildman–Crippen MR) is 82.4 cm³/mol. The number of ether oxygens (including phenoxy) is 1. The summed E-state index contributed by atoms with van der Waals surface area (Å²) < 4.78 is 4.69. The van der Waals surface area contributed by atoms with E-state index in [0.29, 0.717) is 17.9 Å². The Morgan fingerprint density at radius 3 is 2.45 bits per heavy atom. The van der Waals surface area contributed by atoms with Crippen molar-refractivity contribution >= 4 is 29.2 Å². The molecule has 1 aromatic rings. The van der Waals surface area contributed by atoms with E-state index in [-0.39, 0.29) is 30.1 Å². The molecule has 1 aromatic carbocycles. The summed E-state index contributed by atoms with van der Waals surface area (Å²) in [5.74, 6) is -1.04. The van der Waals surface area contributed by atoms with Crippen LogP contribution in [0.15, 0.2) is 24.3 Å². The zero-order valence-electron chi connectivity index (χ0n) is 13.0. The summed E-state index contributed by atoms with van der Waals surface area (Å²) >= 11 is 0. The van der Waals surface area contributed by atoms with Crippen molar-refractivity contribution in [1.29, 1.82) is 0 Å². The zero-order valence-corrected chi connectivity index (χ0v) is 13.0. The molecule has 1 atom stereocenters. The van der Waals surface area contributed by atoms with E-state index in [4.69, 9.17) is 0 Å². The van der Waals surface area contributed by atoms with Crippen molar-refractivity contribution in [3.63, 3.8) is 0 Å². The third-order valence-corrected chi connectivity index (χ3v) is 3.63. The summed E-state index contributed by atoms with van der Waals surface area (Å²) in [5, 5.41) is 2.79. The quantitative estimate of drug-likeness (QED) is 0.861. The van der Waals surface area contributed by atoms with Gasteiger partial charge in [-0.05, 0) is 24.3 Å². The minimum absolute atomic E-state index is 0.0595. The second-order valence-corrected chi connectivity index (χ2v) is 5.62. The summed E-state index contributed by atoms with van der Waals surface area (Å²) in [4.78, 5) is 36.7. The summed E-state index contributed by atoms with van der Waals surface area (Å²) in [6.07, 6.45) is 0.165. The molecule has 1 aliphatic heterocycles. The average Bonchev–Trinajstić information content (AvgIpc) is 2.89. The van der Waals surface area contributed by atoms with Gasteiger partial charge in [0.05, 0.1) is 13.0 Å². The lowest BCUT2D eigenvalue weighted by Gasteiger charge is -2.17. The van der Waals surface area contributed by atoms with E-state index >= 15 is 0 Å². The van der Waals surface area contributed by atoms with Crippen LogP contribution in [0.4, 0.5) is 11.4 Å². The molecule has 1 N–H and O–H groups in total. The van der Waals surface area contributed by atoms with Crippen molar-refractivity contribution in [2.75, 3.05) is 23.9 Å². The number of rotatable bonds is 4. The lowest BCUT2D eigenvalue weighted by Crippen LogP contribution is -2.26. The molecule has 1 aliphatic rings. The predicted octanol–water partition coefficient (Wildman–Crippen LogP) is 1.81. The minimum atomic E-state index is -0.419. The van der Waals surface area contributed by atoms with Crippen LogP contribution in [0.3, 0.4) is 0 Å². The number of nitrogens with zero attached hydrogens (tertiary/aromatic N) is 1. The number of nitrogens with one attached hydrogen (secondary N) is 1. The molecular weight excluding hydrogens is 284 g/mol. The highest BCUT2D eigenvalue weighted by Gasteiger charge is 2.35. The van der Waals surface area contributed by atoms with E-state index in [1.807, 2.05) is 13.8 Å². The van der Waals surface area contributed by atoms with Gasteiger partial charge in [0.15, 0.2) is 0 Å². The van der Waals surface area contributed by atoms with Crippen molar-refractivity contribution < 1.29 is 19.1 Å². The summed E-state index contributed by atoms with van der Waals surface area (Å²) in [7, 11) is 1.32. The average molecular weight is 304 g/mol. The number of esters is 1. The van der Waals surface area contributed by atoms with Crippen LogP contribution < -0.4 is 10.2 Å². The van der Waals surface area contributed by atoms with Crippen LogP contribution in [0, 0.1) is 11.8 Å². The molecule has 22 heavy (non-hydrogen) atoms. The van der Waals surface area contributed by atoms with Crippen LogP contribution in [0.5, 0.6) is 0 Å². The SMILES string of the molecule is COC(=O)C1CC(=O)N(c2ccc(NC(=O)C(C)C)cc2)C1. The normalized spacial score (nSPS) is 17.7. The molecule has 1 heterocycles. The number of anilines is 2. The van der Waals surface area contributed by atoms with Gasteiger partial charge in [0.1, 0.15) is 0 Å². The van der Waals surface area contributed by atoms with Gasteiger partial charge in [0, 0.05) is 30.3 Å². The fourth-order valence-corrected chi connectivity index (χ4v) is 2.29. The molecule has 1 unspecified atom stereocenters. The first-order chi connectivity index (χ1) is 10.4. The highest BCUT2D eigenvalue weighted by Crippen LogP contribution is 2.27. The molecular formula is C16H20N2O4. The van der Waals surface area contributed by atoms with Crippen molar-refractivity contribution in [3.8, 4) is 0 Å². The molecule has 6 heteroatoms. The molecule has 2 amide bonds. The van der Waals surface area contributed by atoms with Crippen LogP contribution >= 0.6 is 0 Å². The molecule has 0 spiro atoms. The molecule has 0 saturated carbocycles. The highest BCUT2D eigenvalue weighted by atomic mass is 16.5. The number of amides is 2. The van der Waals surface area contributed by atoms with Gasteiger partial charge in [-0.2, -0.15) is 0 Å². The lowest BCUT2D eigenvalue weighted by atomic mass is 10.1. The number of methoxy groups -OCH3 is 1. The monoisotopic (exact) mass is 304 g/mol. The van der Waals surface area contributed by atoms with Crippen molar-refractivity contribution in [2.45, 2.75) is 20.3 Å². The Morgan fingerprint density at radius 2 is 1.91 bits per heavy atom. The molecule has 0 aliphatic carbocycles. The first-order valence-corrected chi connectivity index (χ1v) is 7.21. The summed E-state index contributed by atoms with van der Waals surface area (Å²) in [6.45, 7) is 3.96. The van der Waals surface area contributed by atoms with Gasteiger partial charge in [-0.3, -0.25) is 14.4 Å². The van der Waals surface area contributed by atoms with Gasteiger partial charge in [0.2, 0.25) is 11.8 Å². The standard InChI is InChI=1S/C16H20N2O4/c1-10(2)15(20)17-12-4-6-13(7-5-12)18-9-11(8-14(18)19)16(21)22-3/h4-7,10-11H,8-9H2,1-3H3,(H,17,20). The van der Waals surface area contributed by atoms with Crippen LogP contribution in [-0.2, 0) is 19.1 Å². The van der Waals surface area contributed by atoms with E-state index < -0.39 is 5.92 Å². The molecule has 118 valence electrons. The topological polar surface area (TPSA) is 75.7 Å². The Hall–Kier alpha value is -2.37. The third kappa shape index (κ3) is 3.44. The summed E-state index contributed by atoms with van der Waals surface area (Å²) in [6, 6.07) is 7.00. The van der Waals surface area contributed by atoms with Gasteiger partial charge in [0.25, 0.3) is 0 Å². The molecule has 2 rings (SSSR count). The van der Waals surface area contributed by atoms with E-state index in [1.165, 1.54) is 7.11 Å². The number of carbonyl (C=O) groups is 3. The molecule has 1 fully saturated rings. The maximum atomic E-state index is 12.0. The van der Waals surface area contributed by atoms with Crippen LogP contribution in [0.2, 0.25) is 0 Å². The van der Waals surface area contributed by atoms with Gasteiger partial charge >= 0.3 is 5.97 Å². The van der Waals surface area contributed by atoms with Crippen LogP contribution in [-0.4, -0.2) is 31.4 Å². The molecule has 0 radical (unpaired) electrons. The van der Waals surface area contributed by atoms with Gasteiger partial charge in [-0.15, -0.1) is 0 Å². The van der Waals surface area contributed by atoms with Gasteiger partial charge < -0.3 is 15.0 Å². The molecule has 1 saturated heterocycles. The number of carbonyl (C=O) groups excluding carboxylic acids is 3. The maximum absolute atomic E-state index is 12.0. The largest absolute Gasteiger partial charge is 0.469 e. The highest BCUT2D eigenvalue weighted by molar-refractivity contribution is 5.99. The maximum Gasteiger partial charge on any atom is 0.311 e. The Balaban J connectivity index is 2.06. The first kappa shape index (κ1) is 16.0. The van der Waals surface area contributed by atoms with Crippen molar-refractivity contribution in [2.24, 2.45) is 11.8 Å². The Labute approximate surface area is 129 Å². The lowest BCUT2D eigenvalue weighted by molar-refractivity contribution is -0.145. The number of hydrogen-bond donors (Lipinski definition) is 1. The molecule has 6 nitrogen and oxygen atoms in total. The Bertz CT molecular complexity index is 580. The van der Waals surface area contributed by atoms with Crippen LogP contribution in [0.1, 0.15) is 20.3 Å². The van der Waals surface area contributed by atoms with Crippen LogP contribution in [0.25, 0.3) is 0 Å². The van der Waals surface area contributed by atoms with E-state index in [9.17, 15) is 14.4 Å². The van der Waals surface area contributed by atoms with E-state index in [1.54, 1.807) is 29.2 Å². The fraction of sp³-hybridized carbons (Fsp3) is 0.438. The molecule has 0 aromatic heterocycles. The van der Waals surface area contributed by atoms with Crippen molar-refractivity contribution in [1.82, 2.24) is 0 Å². The number of hydrogen-bond acceptors (Lipinski definition) is 4.